The number of aromatic hydroxyl groups is 1. The van der Waals surface area contributed by atoms with Crippen molar-refractivity contribution < 1.29 is 28.9 Å². The summed E-state index contributed by atoms with van der Waals surface area (Å²) in [4.78, 5) is 32.2. The van der Waals surface area contributed by atoms with Crippen molar-refractivity contribution in [3.05, 3.63) is 101 Å². The van der Waals surface area contributed by atoms with Crippen LogP contribution in [0, 0.1) is 5.92 Å². The average molecular weight is 540 g/mol. The first-order chi connectivity index (χ1) is 19.4. The van der Waals surface area contributed by atoms with E-state index in [0.29, 0.717) is 46.9 Å². The Bertz CT molecular complexity index is 1480. The molecule has 3 aromatic rings. The lowest BCUT2D eigenvalue weighted by atomic mass is 9.69. The maximum Gasteiger partial charge on any atom is 0.315 e. The zero-order valence-corrected chi connectivity index (χ0v) is 22.9. The predicted molar refractivity (Wildman–Crippen MR) is 152 cm³/mol. The third kappa shape index (κ3) is 5.50. The lowest BCUT2D eigenvalue weighted by molar-refractivity contribution is -0.146. The molecule has 0 fully saturated rings. The number of methoxy groups -OCH3 is 2. The molecule has 40 heavy (non-hydrogen) atoms. The smallest absolute Gasteiger partial charge is 0.315 e. The molecule has 0 saturated heterocycles. The average Bonchev–Trinajstić information content (AvgIpc) is 2.96. The molecule has 5 rings (SSSR count). The normalized spacial score (nSPS) is 20.4. The van der Waals surface area contributed by atoms with Crippen LogP contribution in [0.15, 0.2) is 89.1 Å². The highest BCUT2D eigenvalue weighted by Crippen LogP contribution is 2.47. The third-order valence-corrected chi connectivity index (χ3v) is 7.73. The Morgan fingerprint density at radius 2 is 1.70 bits per heavy atom. The summed E-state index contributed by atoms with van der Waals surface area (Å²) in [7, 11) is 3.17. The summed E-state index contributed by atoms with van der Waals surface area (Å²) in [5.74, 6) is -0.645. The van der Waals surface area contributed by atoms with Gasteiger partial charge in [0.1, 0.15) is 11.7 Å². The lowest BCUT2D eigenvalue weighted by Gasteiger charge is -2.36. The van der Waals surface area contributed by atoms with E-state index in [-0.39, 0.29) is 30.5 Å². The van der Waals surface area contributed by atoms with Gasteiger partial charge in [-0.15, -0.1) is 0 Å². The quantitative estimate of drug-likeness (QED) is 0.365. The molecule has 0 amide bonds. The Morgan fingerprint density at radius 1 is 0.925 bits per heavy atom. The van der Waals surface area contributed by atoms with E-state index in [1.165, 1.54) is 0 Å². The molecule has 1 N–H and O–H groups in total. The molecule has 1 heterocycles. The first kappa shape index (κ1) is 27.2. The number of carbonyl (C=O) groups is 2. The number of ether oxygens (including phenoxy) is 3. The number of ketones is 1. The van der Waals surface area contributed by atoms with Crippen molar-refractivity contribution in [3.63, 3.8) is 0 Å². The molecule has 1 aliphatic carbocycles. The number of allylic oxidation sites excluding steroid dienone is 2. The molecule has 0 bridgehead atoms. The SMILES string of the molecule is COc1ccc([C@@H]2CC(=O)C3=C(C2)N=C(C)C(C(=O)OCCc2ccccc2)[C@@H]3c2cccc(O)c2)cc1OC. The molecule has 1 unspecified atom stereocenters. The number of nitrogens with zero attached hydrogens (tertiary/aromatic N) is 1. The van der Waals surface area contributed by atoms with E-state index in [9.17, 15) is 14.7 Å². The van der Waals surface area contributed by atoms with Crippen LogP contribution < -0.4 is 9.47 Å². The van der Waals surface area contributed by atoms with Gasteiger partial charge in [-0.05, 0) is 60.2 Å². The van der Waals surface area contributed by atoms with Gasteiger partial charge >= 0.3 is 5.97 Å². The van der Waals surface area contributed by atoms with E-state index in [1.54, 1.807) is 32.4 Å². The minimum atomic E-state index is -0.766. The Labute approximate surface area is 234 Å². The van der Waals surface area contributed by atoms with E-state index in [2.05, 4.69) is 0 Å². The van der Waals surface area contributed by atoms with Crippen molar-refractivity contribution in [1.29, 1.82) is 0 Å². The van der Waals surface area contributed by atoms with Crippen LogP contribution in [0.3, 0.4) is 0 Å². The number of Topliss-reactive ketones (excluding diaryl/α,β-unsaturated/α-hetero) is 1. The highest BCUT2D eigenvalue weighted by molar-refractivity contribution is 6.09. The minimum Gasteiger partial charge on any atom is -0.508 e. The number of aliphatic imine (C=N–C) groups is 1. The molecule has 2 aliphatic rings. The second kappa shape index (κ2) is 11.8. The highest BCUT2D eigenvalue weighted by atomic mass is 16.5. The maximum atomic E-state index is 13.8. The molecule has 0 saturated carbocycles. The van der Waals surface area contributed by atoms with E-state index in [1.807, 2.05) is 61.5 Å². The number of rotatable bonds is 8. The fraction of sp³-hybridized carbons (Fsp3) is 0.303. The van der Waals surface area contributed by atoms with E-state index < -0.39 is 17.8 Å². The lowest BCUT2D eigenvalue weighted by Crippen LogP contribution is -2.38. The zero-order valence-electron chi connectivity index (χ0n) is 22.9. The first-order valence-electron chi connectivity index (χ1n) is 13.4. The summed E-state index contributed by atoms with van der Waals surface area (Å²) in [6.45, 7) is 2.04. The Morgan fingerprint density at radius 3 is 2.42 bits per heavy atom. The fourth-order valence-electron chi connectivity index (χ4n) is 5.79. The van der Waals surface area contributed by atoms with Crippen LogP contribution in [-0.2, 0) is 20.7 Å². The van der Waals surface area contributed by atoms with Crippen molar-refractivity contribution in [1.82, 2.24) is 0 Å². The number of phenols is 1. The van der Waals surface area contributed by atoms with Gasteiger partial charge in [-0.3, -0.25) is 14.6 Å². The molecule has 206 valence electrons. The standard InChI is InChI=1S/C33H33NO6/c1-20-30(33(37)40-15-14-21-8-5-4-6-9-21)31(23-10-7-11-25(35)16-23)32-26(34-20)17-24(18-27(32)36)22-12-13-28(38-2)29(19-22)39-3/h4-13,16,19,24,30-31,35H,14-15,17-18H2,1-3H3/t24-,30?,31-/m0/s1. The number of phenolic OH excluding ortho intramolecular Hbond substituents is 1. The molecular formula is C33H33NO6. The Balaban J connectivity index is 1.46. The van der Waals surface area contributed by atoms with Crippen LogP contribution in [0.25, 0.3) is 0 Å². The highest BCUT2D eigenvalue weighted by Gasteiger charge is 2.45. The van der Waals surface area contributed by atoms with Crippen molar-refractivity contribution in [2.24, 2.45) is 10.9 Å². The molecule has 3 atom stereocenters. The fourth-order valence-corrected chi connectivity index (χ4v) is 5.79. The van der Waals surface area contributed by atoms with Gasteiger partial charge in [0.25, 0.3) is 0 Å². The first-order valence-corrected chi connectivity index (χ1v) is 13.4. The largest absolute Gasteiger partial charge is 0.508 e. The summed E-state index contributed by atoms with van der Waals surface area (Å²) < 4.78 is 16.6. The maximum absolute atomic E-state index is 13.8. The topological polar surface area (TPSA) is 94.4 Å². The molecule has 7 heteroatoms. The molecule has 3 aromatic carbocycles. The van der Waals surface area contributed by atoms with Crippen LogP contribution in [0.2, 0.25) is 0 Å². The molecule has 7 nitrogen and oxygen atoms in total. The predicted octanol–water partition coefficient (Wildman–Crippen LogP) is 5.77. The minimum absolute atomic E-state index is 0.0623. The summed E-state index contributed by atoms with van der Waals surface area (Å²) in [6, 6.07) is 22.3. The van der Waals surface area contributed by atoms with Gasteiger partial charge < -0.3 is 19.3 Å². The van der Waals surface area contributed by atoms with Crippen LogP contribution in [0.1, 0.15) is 48.3 Å². The summed E-state index contributed by atoms with van der Waals surface area (Å²) in [5.41, 5.74) is 4.51. The van der Waals surface area contributed by atoms with Gasteiger partial charge in [0.15, 0.2) is 17.3 Å². The molecular weight excluding hydrogens is 506 g/mol. The Hall–Kier alpha value is -4.39. The monoisotopic (exact) mass is 539 g/mol. The van der Waals surface area contributed by atoms with E-state index in [4.69, 9.17) is 19.2 Å². The van der Waals surface area contributed by atoms with Gasteiger partial charge in [-0.2, -0.15) is 0 Å². The summed E-state index contributed by atoms with van der Waals surface area (Å²) >= 11 is 0. The van der Waals surface area contributed by atoms with Crippen molar-refractivity contribution >= 4 is 17.5 Å². The summed E-state index contributed by atoms with van der Waals surface area (Å²) in [5, 5.41) is 10.3. The van der Waals surface area contributed by atoms with Gasteiger partial charge in [0.05, 0.1) is 20.8 Å². The van der Waals surface area contributed by atoms with Gasteiger partial charge in [-0.1, -0.05) is 48.5 Å². The number of benzene rings is 3. The van der Waals surface area contributed by atoms with Crippen LogP contribution in [0.5, 0.6) is 17.2 Å². The number of hydrogen-bond acceptors (Lipinski definition) is 7. The second-order valence-electron chi connectivity index (χ2n) is 10.2. The number of hydrogen-bond donors (Lipinski definition) is 1. The molecule has 0 aromatic heterocycles. The number of carbonyl (C=O) groups excluding carboxylic acids is 2. The van der Waals surface area contributed by atoms with Crippen molar-refractivity contribution in [3.8, 4) is 17.2 Å². The number of esters is 1. The summed E-state index contributed by atoms with van der Waals surface area (Å²) in [6.07, 6.45) is 1.40. The molecule has 1 aliphatic heterocycles. The molecule has 0 spiro atoms. The van der Waals surface area contributed by atoms with Crippen LogP contribution >= 0.6 is 0 Å². The Kier molecular flexibility index (Phi) is 8.01. The second-order valence-corrected chi connectivity index (χ2v) is 10.2. The van der Waals surface area contributed by atoms with Gasteiger partial charge in [-0.25, -0.2) is 0 Å². The molecule has 0 radical (unpaired) electrons. The van der Waals surface area contributed by atoms with E-state index >= 15 is 0 Å². The van der Waals surface area contributed by atoms with Crippen LogP contribution in [-0.4, -0.2) is 43.4 Å². The van der Waals surface area contributed by atoms with Crippen LogP contribution in [0.4, 0.5) is 0 Å². The van der Waals surface area contributed by atoms with Crippen molar-refractivity contribution in [2.45, 2.75) is 38.0 Å². The van der Waals surface area contributed by atoms with Crippen molar-refractivity contribution in [2.75, 3.05) is 20.8 Å². The van der Waals surface area contributed by atoms with Gasteiger partial charge in [0.2, 0.25) is 0 Å². The van der Waals surface area contributed by atoms with Gasteiger partial charge in [0, 0.05) is 35.7 Å². The zero-order chi connectivity index (χ0) is 28.2. The third-order valence-electron chi connectivity index (χ3n) is 7.73. The van der Waals surface area contributed by atoms with E-state index in [0.717, 1.165) is 11.1 Å².